The van der Waals surface area contributed by atoms with Gasteiger partial charge in [0.15, 0.2) is 6.10 Å². The summed E-state index contributed by atoms with van der Waals surface area (Å²) in [4.78, 5) is 25.2. The Morgan fingerprint density at radius 3 is 2.14 bits per heavy atom. The third-order valence-corrected chi connectivity index (χ3v) is 4.20. The van der Waals surface area contributed by atoms with Crippen molar-refractivity contribution in [2.24, 2.45) is 0 Å². The maximum absolute atomic E-state index is 12.7. The molecule has 0 heterocycles. The molecular weight excluding hydrogens is 368 g/mol. The van der Waals surface area contributed by atoms with Gasteiger partial charge in [-0.3, -0.25) is 9.59 Å². The molecule has 0 saturated carbocycles. The summed E-state index contributed by atoms with van der Waals surface area (Å²) in [6.45, 7) is 1.62. The van der Waals surface area contributed by atoms with Crippen molar-refractivity contribution in [2.75, 3.05) is 17.7 Å². The molecule has 0 aliphatic heterocycles. The van der Waals surface area contributed by atoms with Gasteiger partial charge >= 0.3 is 0 Å². The van der Waals surface area contributed by atoms with Gasteiger partial charge in [0, 0.05) is 5.69 Å². The molecule has 1 atom stereocenters. The van der Waals surface area contributed by atoms with E-state index in [9.17, 15) is 9.59 Å². The lowest BCUT2D eigenvalue weighted by Crippen LogP contribution is -2.31. The van der Waals surface area contributed by atoms with E-state index in [0.29, 0.717) is 28.4 Å². The molecule has 0 radical (unpaired) electrons. The summed E-state index contributed by atoms with van der Waals surface area (Å²) in [6.07, 6.45) is -0.828. The van der Waals surface area contributed by atoms with Gasteiger partial charge in [0.1, 0.15) is 11.5 Å². The van der Waals surface area contributed by atoms with Crippen LogP contribution in [0.3, 0.4) is 0 Å². The van der Waals surface area contributed by atoms with Crippen LogP contribution < -0.4 is 20.1 Å². The lowest BCUT2D eigenvalue weighted by molar-refractivity contribution is -0.122. The van der Waals surface area contributed by atoms with Crippen LogP contribution in [0.25, 0.3) is 0 Å². The molecule has 0 fully saturated rings. The number of anilines is 2. The van der Waals surface area contributed by atoms with Crippen LogP contribution in [0.1, 0.15) is 17.3 Å². The van der Waals surface area contributed by atoms with Crippen molar-refractivity contribution >= 4 is 23.2 Å². The van der Waals surface area contributed by atoms with E-state index in [4.69, 9.17) is 9.47 Å². The highest BCUT2D eigenvalue weighted by molar-refractivity contribution is 6.06. The minimum Gasteiger partial charge on any atom is -0.495 e. The molecule has 148 valence electrons. The quantitative estimate of drug-likeness (QED) is 0.629. The summed E-state index contributed by atoms with van der Waals surface area (Å²) in [5.74, 6) is 0.205. The maximum atomic E-state index is 12.7. The van der Waals surface area contributed by atoms with E-state index in [0.717, 1.165) is 0 Å². The highest BCUT2D eigenvalue weighted by atomic mass is 16.5. The van der Waals surface area contributed by atoms with Crippen LogP contribution >= 0.6 is 0 Å². The van der Waals surface area contributed by atoms with E-state index in [1.54, 1.807) is 61.5 Å². The van der Waals surface area contributed by atoms with E-state index in [2.05, 4.69) is 10.6 Å². The number of nitrogens with one attached hydrogen (secondary N) is 2. The van der Waals surface area contributed by atoms with E-state index in [1.807, 2.05) is 24.3 Å². The van der Waals surface area contributed by atoms with Crippen molar-refractivity contribution in [3.05, 3.63) is 84.4 Å². The van der Waals surface area contributed by atoms with Crippen LogP contribution in [0, 0.1) is 0 Å². The first-order valence-electron chi connectivity index (χ1n) is 9.14. The number of amides is 2. The van der Waals surface area contributed by atoms with Gasteiger partial charge in [-0.15, -0.1) is 0 Å². The number of rotatable bonds is 7. The Balaban J connectivity index is 1.71. The largest absolute Gasteiger partial charge is 0.495 e. The van der Waals surface area contributed by atoms with Gasteiger partial charge in [-0.25, -0.2) is 0 Å². The zero-order valence-corrected chi connectivity index (χ0v) is 16.2. The van der Waals surface area contributed by atoms with Crippen LogP contribution in [0.15, 0.2) is 78.9 Å². The summed E-state index contributed by atoms with van der Waals surface area (Å²) in [5.41, 5.74) is 1.56. The van der Waals surface area contributed by atoms with Crippen molar-refractivity contribution in [1.29, 1.82) is 0 Å². The van der Waals surface area contributed by atoms with Crippen molar-refractivity contribution < 1.29 is 19.1 Å². The normalized spacial score (nSPS) is 11.2. The Labute approximate surface area is 169 Å². The van der Waals surface area contributed by atoms with Crippen LogP contribution in [-0.4, -0.2) is 25.0 Å². The summed E-state index contributed by atoms with van der Waals surface area (Å²) < 4.78 is 11.0. The van der Waals surface area contributed by atoms with Gasteiger partial charge in [0.2, 0.25) is 0 Å². The van der Waals surface area contributed by atoms with E-state index >= 15 is 0 Å². The fourth-order valence-corrected chi connectivity index (χ4v) is 2.70. The monoisotopic (exact) mass is 390 g/mol. The molecule has 0 aliphatic rings. The molecule has 0 unspecified atom stereocenters. The summed E-state index contributed by atoms with van der Waals surface area (Å²) in [5, 5.41) is 5.60. The summed E-state index contributed by atoms with van der Waals surface area (Å²) in [6, 6.07) is 23.0. The number of benzene rings is 3. The molecule has 29 heavy (non-hydrogen) atoms. The molecule has 0 spiro atoms. The number of ether oxygens (including phenoxy) is 2. The van der Waals surface area contributed by atoms with Gasteiger partial charge in [-0.05, 0) is 43.3 Å². The van der Waals surface area contributed by atoms with Gasteiger partial charge in [0.05, 0.1) is 18.4 Å². The number of hydrogen-bond donors (Lipinski definition) is 2. The SMILES string of the molecule is COc1ccccc1NC(=O)[C@@H](C)Oc1ccccc1C(=O)Nc1ccccc1. The Bertz CT molecular complexity index is 989. The van der Waals surface area contributed by atoms with Crippen molar-refractivity contribution in [2.45, 2.75) is 13.0 Å². The highest BCUT2D eigenvalue weighted by Crippen LogP contribution is 2.24. The van der Waals surface area contributed by atoms with Gasteiger partial charge in [-0.2, -0.15) is 0 Å². The maximum Gasteiger partial charge on any atom is 0.265 e. The second kappa shape index (κ2) is 9.41. The molecule has 2 N–H and O–H groups in total. The third-order valence-electron chi connectivity index (χ3n) is 4.20. The molecule has 0 bridgehead atoms. The van der Waals surface area contributed by atoms with Gasteiger partial charge in [-0.1, -0.05) is 42.5 Å². The number of methoxy groups -OCH3 is 1. The topological polar surface area (TPSA) is 76.7 Å². The lowest BCUT2D eigenvalue weighted by atomic mass is 10.1. The van der Waals surface area contributed by atoms with E-state index in [-0.39, 0.29) is 11.8 Å². The number of para-hydroxylation sites is 4. The Morgan fingerprint density at radius 1 is 0.793 bits per heavy atom. The van der Waals surface area contributed by atoms with E-state index < -0.39 is 6.10 Å². The molecular formula is C23H22N2O4. The Morgan fingerprint density at radius 2 is 1.41 bits per heavy atom. The molecule has 0 aromatic heterocycles. The first-order chi connectivity index (χ1) is 14.1. The molecule has 6 heteroatoms. The van der Waals surface area contributed by atoms with Crippen LogP contribution in [0.5, 0.6) is 11.5 Å². The smallest absolute Gasteiger partial charge is 0.265 e. The minimum absolute atomic E-state index is 0.316. The van der Waals surface area contributed by atoms with Crippen molar-refractivity contribution in [3.63, 3.8) is 0 Å². The molecule has 3 aromatic rings. The Kier molecular flexibility index (Phi) is 6.47. The molecule has 3 aromatic carbocycles. The van der Waals surface area contributed by atoms with Crippen LogP contribution in [0.2, 0.25) is 0 Å². The van der Waals surface area contributed by atoms with Gasteiger partial charge < -0.3 is 20.1 Å². The fourth-order valence-electron chi connectivity index (χ4n) is 2.70. The fraction of sp³-hybridized carbons (Fsp3) is 0.130. The molecule has 3 rings (SSSR count). The predicted octanol–water partition coefficient (Wildman–Crippen LogP) is 4.35. The Hall–Kier alpha value is -3.80. The summed E-state index contributed by atoms with van der Waals surface area (Å²) >= 11 is 0. The number of carbonyl (C=O) groups excluding carboxylic acids is 2. The zero-order valence-electron chi connectivity index (χ0n) is 16.2. The number of hydrogen-bond acceptors (Lipinski definition) is 4. The molecule has 0 aliphatic carbocycles. The average molecular weight is 390 g/mol. The number of carbonyl (C=O) groups is 2. The predicted molar refractivity (Wildman–Crippen MR) is 113 cm³/mol. The molecule has 0 saturated heterocycles. The lowest BCUT2D eigenvalue weighted by Gasteiger charge is -2.18. The third kappa shape index (κ3) is 5.13. The second-order valence-electron chi connectivity index (χ2n) is 6.27. The first kappa shape index (κ1) is 19.9. The first-order valence-corrected chi connectivity index (χ1v) is 9.14. The zero-order chi connectivity index (χ0) is 20.6. The van der Waals surface area contributed by atoms with Gasteiger partial charge in [0.25, 0.3) is 11.8 Å². The molecule has 2 amide bonds. The van der Waals surface area contributed by atoms with Crippen LogP contribution in [-0.2, 0) is 4.79 Å². The van der Waals surface area contributed by atoms with Crippen molar-refractivity contribution in [1.82, 2.24) is 0 Å². The van der Waals surface area contributed by atoms with Crippen molar-refractivity contribution in [3.8, 4) is 11.5 Å². The second-order valence-corrected chi connectivity index (χ2v) is 6.27. The summed E-state index contributed by atoms with van der Waals surface area (Å²) in [7, 11) is 1.53. The average Bonchev–Trinajstić information content (AvgIpc) is 2.75. The van der Waals surface area contributed by atoms with E-state index in [1.165, 1.54) is 7.11 Å². The standard InChI is InChI=1S/C23H22N2O4/c1-16(22(26)25-19-13-7-9-15-21(19)28-2)29-20-14-8-6-12-18(20)23(27)24-17-10-4-3-5-11-17/h3-16H,1-2H3,(H,24,27)(H,25,26)/t16-/m1/s1. The highest BCUT2D eigenvalue weighted by Gasteiger charge is 2.20. The minimum atomic E-state index is -0.828. The van der Waals surface area contributed by atoms with Crippen LogP contribution in [0.4, 0.5) is 11.4 Å². The molecule has 6 nitrogen and oxygen atoms in total.